The Hall–Kier alpha value is -3.69. The molecule has 0 spiro atoms. The van der Waals surface area contributed by atoms with E-state index < -0.39 is 23.5 Å². The second kappa shape index (κ2) is 11.4. The normalized spacial score (nSPS) is 17.9. The van der Waals surface area contributed by atoms with Gasteiger partial charge in [0.1, 0.15) is 17.2 Å². The van der Waals surface area contributed by atoms with Gasteiger partial charge in [-0.15, -0.1) is 0 Å². The number of ether oxygens (including phenoxy) is 1. The fourth-order valence-electron chi connectivity index (χ4n) is 4.17. The Labute approximate surface area is 212 Å². The van der Waals surface area contributed by atoms with Crippen LogP contribution < -0.4 is 16.4 Å². The molecule has 194 valence electrons. The maximum Gasteiger partial charge on any atom is 0.413 e. The smallest absolute Gasteiger partial charge is 0.413 e. The van der Waals surface area contributed by atoms with Crippen molar-refractivity contribution in [1.29, 1.82) is 0 Å². The van der Waals surface area contributed by atoms with E-state index in [-0.39, 0.29) is 6.04 Å². The van der Waals surface area contributed by atoms with Crippen LogP contribution in [0.15, 0.2) is 30.6 Å². The fraction of sp³-hybridized carbons (Fsp3) is 0.500. The first-order chi connectivity index (χ1) is 16.9. The second-order valence-corrected chi connectivity index (χ2v) is 10.3. The summed E-state index contributed by atoms with van der Waals surface area (Å²) in [6, 6.07) is 5.23. The quantitative estimate of drug-likeness (QED) is 0.535. The van der Waals surface area contributed by atoms with Gasteiger partial charge in [0.2, 0.25) is 0 Å². The van der Waals surface area contributed by atoms with Crippen LogP contribution in [0, 0.1) is 5.92 Å². The van der Waals surface area contributed by atoms with E-state index in [1.807, 2.05) is 13.0 Å². The molecule has 3 rings (SSSR count). The summed E-state index contributed by atoms with van der Waals surface area (Å²) in [5.41, 5.74) is 7.09. The Kier molecular flexibility index (Phi) is 8.49. The molecule has 4 N–H and O–H groups in total. The molecule has 1 unspecified atom stereocenters. The highest BCUT2D eigenvalue weighted by atomic mass is 16.6. The lowest BCUT2D eigenvalue weighted by Crippen LogP contribution is -2.51. The van der Waals surface area contributed by atoms with E-state index >= 15 is 0 Å². The minimum atomic E-state index is -0.721. The average Bonchev–Trinajstić information content (AvgIpc) is 2.80. The minimum Gasteiger partial charge on any atom is -0.444 e. The molecular weight excluding hydrogens is 460 g/mol. The molecule has 3 heterocycles. The molecule has 2 aromatic heterocycles. The van der Waals surface area contributed by atoms with Crippen LogP contribution in [0.3, 0.4) is 0 Å². The molecule has 1 saturated heterocycles. The zero-order valence-electron chi connectivity index (χ0n) is 21.6. The molecule has 1 aliphatic heterocycles. The molecule has 1 fully saturated rings. The van der Waals surface area contributed by atoms with Crippen molar-refractivity contribution in [3.8, 4) is 0 Å². The molecule has 10 heteroatoms. The zero-order chi connectivity index (χ0) is 26.5. The van der Waals surface area contributed by atoms with E-state index in [2.05, 4.69) is 27.5 Å². The van der Waals surface area contributed by atoms with Crippen LogP contribution in [-0.4, -0.2) is 51.0 Å². The number of piperidine rings is 1. The first kappa shape index (κ1) is 26.9. The first-order valence-corrected chi connectivity index (χ1v) is 12.3. The van der Waals surface area contributed by atoms with Gasteiger partial charge in [-0.3, -0.25) is 14.9 Å². The number of hydrogen-bond donors (Lipinski definition) is 3. The number of aryl methyl sites for hydroxylation is 1. The van der Waals surface area contributed by atoms with Crippen molar-refractivity contribution in [2.75, 3.05) is 22.9 Å². The highest BCUT2D eigenvalue weighted by Crippen LogP contribution is 2.25. The van der Waals surface area contributed by atoms with Crippen LogP contribution in [0.1, 0.15) is 58.6 Å². The lowest BCUT2D eigenvalue weighted by Gasteiger charge is -2.38. The Bertz CT molecular complexity index is 1100. The fourth-order valence-corrected chi connectivity index (χ4v) is 4.17. The molecular formula is C26H36N6O4. The highest BCUT2D eigenvalue weighted by Gasteiger charge is 2.33. The number of carbonyl (C=O) groups excluding carboxylic acids is 3. The molecule has 10 nitrogen and oxygen atoms in total. The summed E-state index contributed by atoms with van der Waals surface area (Å²) in [6.07, 6.45) is 5.45. The van der Waals surface area contributed by atoms with Crippen molar-refractivity contribution in [1.82, 2.24) is 14.9 Å². The number of nitrogens with zero attached hydrogens (tertiary/aromatic N) is 3. The van der Waals surface area contributed by atoms with Gasteiger partial charge in [-0.25, -0.2) is 14.8 Å². The summed E-state index contributed by atoms with van der Waals surface area (Å²) in [5, 5.41) is 5.31. The number of amides is 3. The molecule has 2 atom stereocenters. The van der Waals surface area contributed by atoms with Crippen molar-refractivity contribution < 1.29 is 19.1 Å². The number of rotatable bonds is 5. The Morgan fingerprint density at radius 1 is 1.14 bits per heavy atom. The monoisotopic (exact) mass is 496 g/mol. The van der Waals surface area contributed by atoms with Gasteiger partial charge in [0.15, 0.2) is 0 Å². The predicted molar refractivity (Wildman–Crippen MR) is 138 cm³/mol. The largest absolute Gasteiger partial charge is 0.444 e. The Morgan fingerprint density at radius 3 is 2.53 bits per heavy atom. The van der Waals surface area contributed by atoms with Crippen LogP contribution in [0.25, 0.3) is 0 Å². The number of nitrogen functional groups attached to an aromatic ring is 1. The number of hydrogen-bond acceptors (Lipinski definition) is 7. The van der Waals surface area contributed by atoms with Crippen LogP contribution in [-0.2, 0) is 27.2 Å². The summed E-state index contributed by atoms with van der Waals surface area (Å²) in [4.78, 5) is 48.3. The molecule has 0 aliphatic carbocycles. The van der Waals surface area contributed by atoms with Crippen molar-refractivity contribution in [3.63, 3.8) is 0 Å². The van der Waals surface area contributed by atoms with Gasteiger partial charge in [-0.1, -0.05) is 19.9 Å². The van der Waals surface area contributed by atoms with Gasteiger partial charge in [0, 0.05) is 18.8 Å². The lowest BCUT2D eigenvalue weighted by molar-refractivity contribution is -0.146. The lowest BCUT2D eigenvalue weighted by atomic mass is 9.90. The van der Waals surface area contributed by atoms with Gasteiger partial charge in [0.25, 0.3) is 0 Å². The molecule has 1 aliphatic rings. The number of aromatic nitrogens is 2. The zero-order valence-corrected chi connectivity index (χ0v) is 21.6. The first-order valence-electron chi connectivity index (χ1n) is 12.3. The molecule has 0 aromatic carbocycles. The summed E-state index contributed by atoms with van der Waals surface area (Å²) in [5.74, 6) is -0.215. The number of nitrogens with two attached hydrogens (primary N) is 1. The standard InChI is InChI=1S/C26H36N6O4/c1-6-18-12-19(14-29-22(18)31-25(35)36-26(3,4)5)30-23(33)24(34)32-15-16(2)7-9-20(32)11-17-8-10-21(27)28-13-17/h8,10,12-14,16,20H,6-7,9,11,15H2,1-5H3,(H2,27,28)(H,30,33)(H,29,31,35)/t16-,20?/m0/s1. The maximum atomic E-state index is 13.2. The number of pyridine rings is 2. The Morgan fingerprint density at radius 2 is 1.89 bits per heavy atom. The van der Waals surface area contributed by atoms with E-state index in [1.165, 1.54) is 6.20 Å². The SMILES string of the molecule is CCc1cc(NC(=O)C(=O)N2C[C@@H](C)CCC2Cc2ccc(N)nc2)cnc1NC(=O)OC(C)(C)C. The van der Waals surface area contributed by atoms with Gasteiger partial charge in [-0.2, -0.15) is 0 Å². The second-order valence-electron chi connectivity index (χ2n) is 10.3. The van der Waals surface area contributed by atoms with Crippen molar-refractivity contribution in [3.05, 3.63) is 41.7 Å². The maximum absolute atomic E-state index is 13.2. The molecule has 36 heavy (non-hydrogen) atoms. The van der Waals surface area contributed by atoms with Gasteiger partial charge in [-0.05, 0) is 75.6 Å². The number of nitrogens with one attached hydrogen (secondary N) is 2. The van der Waals surface area contributed by atoms with Crippen molar-refractivity contribution in [2.45, 2.75) is 71.9 Å². The molecule has 0 bridgehead atoms. The third kappa shape index (κ3) is 7.40. The summed E-state index contributed by atoms with van der Waals surface area (Å²) >= 11 is 0. The molecule has 0 radical (unpaired) electrons. The molecule has 3 amide bonds. The van der Waals surface area contributed by atoms with Crippen molar-refractivity contribution >= 4 is 35.2 Å². The van der Waals surface area contributed by atoms with E-state index in [4.69, 9.17) is 10.5 Å². The Balaban J connectivity index is 1.69. The van der Waals surface area contributed by atoms with E-state index in [1.54, 1.807) is 44.0 Å². The molecule has 2 aromatic rings. The van der Waals surface area contributed by atoms with E-state index in [0.717, 1.165) is 18.4 Å². The van der Waals surface area contributed by atoms with Crippen LogP contribution in [0.2, 0.25) is 0 Å². The van der Waals surface area contributed by atoms with Crippen molar-refractivity contribution in [2.24, 2.45) is 5.92 Å². The number of carbonyl (C=O) groups is 3. The minimum absolute atomic E-state index is 0.102. The van der Waals surface area contributed by atoms with Crippen LogP contribution >= 0.6 is 0 Å². The summed E-state index contributed by atoms with van der Waals surface area (Å²) < 4.78 is 5.28. The summed E-state index contributed by atoms with van der Waals surface area (Å²) in [7, 11) is 0. The van der Waals surface area contributed by atoms with Gasteiger partial charge >= 0.3 is 17.9 Å². The van der Waals surface area contributed by atoms with E-state index in [9.17, 15) is 14.4 Å². The average molecular weight is 497 g/mol. The third-order valence-corrected chi connectivity index (χ3v) is 5.94. The summed E-state index contributed by atoms with van der Waals surface area (Å²) in [6.45, 7) is 9.81. The third-order valence-electron chi connectivity index (χ3n) is 5.94. The van der Waals surface area contributed by atoms with Crippen LogP contribution in [0.5, 0.6) is 0 Å². The predicted octanol–water partition coefficient (Wildman–Crippen LogP) is 3.78. The van der Waals surface area contributed by atoms with Crippen LogP contribution in [0.4, 0.5) is 22.1 Å². The highest BCUT2D eigenvalue weighted by molar-refractivity contribution is 6.39. The van der Waals surface area contributed by atoms with E-state index in [0.29, 0.717) is 48.2 Å². The molecule has 0 saturated carbocycles. The topological polar surface area (TPSA) is 140 Å². The number of likely N-dealkylation sites (tertiary alicyclic amines) is 1. The van der Waals surface area contributed by atoms with Gasteiger partial charge < -0.3 is 20.7 Å². The number of anilines is 3. The van der Waals surface area contributed by atoms with Gasteiger partial charge in [0.05, 0.1) is 11.9 Å².